The summed E-state index contributed by atoms with van der Waals surface area (Å²) in [5.74, 6) is 0.851. The number of sulfone groups is 1. The lowest BCUT2D eigenvalue weighted by Gasteiger charge is -2.17. The van der Waals surface area contributed by atoms with E-state index in [1.807, 2.05) is 18.2 Å². The van der Waals surface area contributed by atoms with Gasteiger partial charge in [-0.25, -0.2) is 8.42 Å². The second kappa shape index (κ2) is 6.24. The van der Waals surface area contributed by atoms with E-state index in [-0.39, 0.29) is 28.1 Å². The molecular formula is C16H21NO3S2. The van der Waals surface area contributed by atoms with Gasteiger partial charge in [0.25, 0.3) is 0 Å². The monoisotopic (exact) mass is 339 g/mol. The van der Waals surface area contributed by atoms with Crippen LogP contribution in [0.4, 0.5) is 0 Å². The zero-order valence-electron chi connectivity index (χ0n) is 12.5. The van der Waals surface area contributed by atoms with E-state index in [2.05, 4.69) is 17.4 Å². The Balaban J connectivity index is 1.43. The molecule has 1 N–H and O–H groups in total. The molecule has 22 heavy (non-hydrogen) atoms. The molecule has 1 saturated heterocycles. The highest BCUT2D eigenvalue weighted by molar-refractivity contribution is 8.02. The first-order valence-corrected chi connectivity index (χ1v) is 10.5. The van der Waals surface area contributed by atoms with Crippen molar-refractivity contribution in [1.82, 2.24) is 5.32 Å². The molecule has 1 heterocycles. The molecule has 0 aromatic heterocycles. The van der Waals surface area contributed by atoms with Crippen LogP contribution >= 0.6 is 11.8 Å². The van der Waals surface area contributed by atoms with Crippen LogP contribution in [0.5, 0.6) is 0 Å². The van der Waals surface area contributed by atoms with E-state index in [1.54, 1.807) is 0 Å². The molecule has 0 bridgehead atoms. The van der Waals surface area contributed by atoms with Gasteiger partial charge in [0.2, 0.25) is 5.91 Å². The van der Waals surface area contributed by atoms with Gasteiger partial charge in [-0.05, 0) is 24.8 Å². The first-order valence-electron chi connectivity index (χ1n) is 7.63. The molecule has 0 spiro atoms. The maximum Gasteiger partial charge on any atom is 0.230 e. The van der Waals surface area contributed by atoms with Crippen LogP contribution in [-0.2, 0) is 20.0 Å². The highest BCUT2D eigenvalue weighted by Gasteiger charge is 2.44. The Hall–Kier alpha value is -1.01. The first-order chi connectivity index (χ1) is 10.5. The van der Waals surface area contributed by atoms with Gasteiger partial charge in [-0.2, -0.15) is 0 Å². The van der Waals surface area contributed by atoms with Crippen LogP contribution in [0.1, 0.15) is 24.8 Å². The molecule has 4 nitrogen and oxygen atoms in total. The number of hydrogen-bond acceptors (Lipinski definition) is 4. The van der Waals surface area contributed by atoms with Crippen molar-refractivity contribution in [1.29, 1.82) is 0 Å². The Morgan fingerprint density at radius 1 is 1.27 bits per heavy atom. The molecule has 120 valence electrons. The normalized spacial score (nSPS) is 24.8. The van der Waals surface area contributed by atoms with Gasteiger partial charge in [0, 0.05) is 17.2 Å². The quantitative estimate of drug-likeness (QED) is 0.858. The Morgan fingerprint density at radius 2 is 2.00 bits per heavy atom. The Kier molecular flexibility index (Phi) is 4.50. The van der Waals surface area contributed by atoms with E-state index in [4.69, 9.17) is 0 Å². The van der Waals surface area contributed by atoms with Crippen molar-refractivity contribution in [2.24, 2.45) is 0 Å². The minimum atomic E-state index is -2.86. The van der Waals surface area contributed by atoms with Crippen LogP contribution in [0.3, 0.4) is 0 Å². The average molecular weight is 339 g/mol. The molecule has 1 aromatic rings. The standard InChI is InChI=1S/C16H21NO3S2/c18-15(10-21-14-6-9-22(19,20)11-14)17-12-16(7-8-16)13-4-2-1-3-5-13/h1-5,14H,6-12H2,(H,17,18). The van der Waals surface area contributed by atoms with Gasteiger partial charge in [0.15, 0.2) is 9.84 Å². The largest absolute Gasteiger partial charge is 0.354 e. The minimum absolute atomic E-state index is 0.0107. The number of hydrogen-bond donors (Lipinski definition) is 1. The van der Waals surface area contributed by atoms with Crippen molar-refractivity contribution in [2.75, 3.05) is 23.8 Å². The van der Waals surface area contributed by atoms with Crippen molar-refractivity contribution in [3.63, 3.8) is 0 Å². The maximum atomic E-state index is 12.0. The fourth-order valence-corrected chi connectivity index (χ4v) is 6.39. The topological polar surface area (TPSA) is 63.2 Å². The van der Waals surface area contributed by atoms with Crippen molar-refractivity contribution >= 4 is 27.5 Å². The van der Waals surface area contributed by atoms with Crippen LogP contribution in [0, 0.1) is 0 Å². The molecule has 0 radical (unpaired) electrons. The summed E-state index contributed by atoms with van der Waals surface area (Å²) in [6.07, 6.45) is 2.91. The highest BCUT2D eigenvalue weighted by Crippen LogP contribution is 2.47. The zero-order chi connectivity index (χ0) is 15.6. The molecule has 1 amide bonds. The van der Waals surface area contributed by atoms with E-state index >= 15 is 0 Å². The minimum Gasteiger partial charge on any atom is -0.354 e. The van der Waals surface area contributed by atoms with E-state index < -0.39 is 9.84 Å². The predicted octanol–water partition coefficient (Wildman–Crippen LogP) is 1.75. The second-order valence-corrected chi connectivity index (χ2v) is 9.78. The summed E-state index contributed by atoms with van der Waals surface area (Å²) >= 11 is 1.47. The van der Waals surface area contributed by atoms with Crippen molar-refractivity contribution in [2.45, 2.75) is 29.9 Å². The molecule has 1 unspecified atom stereocenters. The molecule has 1 atom stereocenters. The molecule has 1 saturated carbocycles. The number of carbonyl (C=O) groups excluding carboxylic acids is 1. The van der Waals surface area contributed by atoms with Crippen LogP contribution < -0.4 is 5.32 Å². The number of benzene rings is 1. The Bertz CT molecular complexity index is 639. The van der Waals surface area contributed by atoms with Gasteiger partial charge in [-0.3, -0.25) is 4.79 Å². The molecule has 1 aromatic carbocycles. The van der Waals surface area contributed by atoms with Gasteiger partial charge < -0.3 is 5.32 Å². The van der Waals surface area contributed by atoms with Crippen LogP contribution in [0.15, 0.2) is 30.3 Å². The Morgan fingerprint density at radius 3 is 2.59 bits per heavy atom. The molecule has 1 aliphatic heterocycles. The SMILES string of the molecule is O=C(CSC1CCS(=O)(=O)C1)NCC1(c2ccccc2)CC1. The van der Waals surface area contributed by atoms with E-state index in [0.29, 0.717) is 18.7 Å². The number of amides is 1. The summed E-state index contributed by atoms with van der Waals surface area (Å²) < 4.78 is 22.8. The molecule has 6 heteroatoms. The number of thioether (sulfide) groups is 1. The number of rotatable bonds is 6. The van der Waals surface area contributed by atoms with E-state index in [1.165, 1.54) is 17.3 Å². The summed E-state index contributed by atoms with van der Waals surface area (Å²) in [6, 6.07) is 10.3. The molecule has 2 aliphatic rings. The number of carbonyl (C=O) groups is 1. The summed E-state index contributed by atoms with van der Waals surface area (Å²) in [4.78, 5) is 12.0. The number of nitrogens with one attached hydrogen (secondary N) is 1. The second-order valence-electron chi connectivity index (χ2n) is 6.26. The fraction of sp³-hybridized carbons (Fsp3) is 0.562. The third-order valence-electron chi connectivity index (χ3n) is 4.50. The predicted molar refractivity (Wildman–Crippen MR) is 89.9 cm³/mol. The maximum absolute atomic E-state index is 12.0. The van der Waals surface area contributed by atoms with Gasteiger partial charge >= 0.3 is 0 Å². The van der Waals surface area contributed by atoms with Crippen LogP contribution in [-0.4, -0.2) is 43.4 Å². The molecule has 1 aliphatic carbocycles. The Labute approximate surface area is 136 Å². The third kappa shape index (κ3) is 3.84. The molecule has 2 fully saturated rings. The zero-order valence-corrected chi connectivity index (χ0v) is 14.1. The van der Waals surface area contributed by atoms with Crippen LogP contribution in [0.25, 0.3) is 0 Å². The van der Waals surface area contributed by atoms with Crippen molar-refractivity contribution in [3.05, 3.63) is 35.9 Å². The van der Waals surface area contributed by atoms with Gasteiger partial charge in [0.1, 0.15) is 0 Å². The third-order valence-corrected chi connectivity index (χ3v) is 7.79. The smallest absolute Gasteiger partial charge is 0.230 e. The van der Waals surface area contributed by atoms with Gasteiger partial charge in [0.05, 0.1) is 17.3 Å². The van der Waals surface area contributed by atoms with Gasteiger partial charge in [-0.15, -0.1) is 11.8 Å². The fourth-order valence-electron chi connectivity index (χ4n) is 2.91. The first kappa shape index (κ1) is 15.9. The summed E-state index contributed by atoms with van der Waals surface area (Å²) in [7, 11) is -2.86. The summed E-state index contributed by atoms with van der Waals surface area (Å²) in [5, 5.41) is 3.10. The lowest BCUT2D eigenvalue weighted by Crippen LogP contribution is -2.33. The van der Waals surface area contributed by atoms with Crippen molar-refractivity contribution < 1.29 is 13.2 Å². The lowest BCUT2D eigenvalue weighted by atomic mass is 9.96. The lowest BCUT2D eigenvalue weighted by molar-refractivity contribution is -0.118. The average Bonchev–Trinajstić information content (AvgIpc) is 3.22. The van der Waals surface area contributed by atoms with Crippen LogP contribution in [0.2, 0.25) is 0 Å². The van der Waals surface area contributed by atoms with Gasteiger partial charge in [-0.1, -0.05) is 30.3 Å². The van der Waals surface area contributed by atoms with E-state index in [9.17, 15) is 13.2 Å². The molecule has 3 rings (SSSR count). The van der Waals surface area contributed by atoms with E-state index in [0.717, 1.165) is 12.8 Å². The summed E-state index contributed by atoms with van der Waals surface area (Å²) in [6.45, 7) is 0.680. The molecular weight excluding hydrogens is 318 g/mol. The summed E-state index contributed by atoms with van der Waals surface area (Å²) in [5.41, 5.74) is 1.42. The highest BCUT2D eigenvalue weighted by atomic mass is 32.2. The van der Waals surface area contributed by atoms with Crippen molar-refractivity contribution in [3.8, 4) is 0 Å².